The van der Waals surface area contributed by atoms with Gasteiger partial charge in [0.2, 0.25) is 5.91 Å². The Morgan fingerprint density at radius 3 is 2.31 bits per heavy atom. The van der Waals surface area contributed by atoms with Crippen LogP contribution in [0.25, 0.3) is 0 Å². The predicted octanol–water partition coefficient (Wildman–Crippen LogP) is 6.37. The third kappa shape index (κ3) is 3.22. The monoisotopic (exact) mass is 481 g/mol. The van der Waals surface area contributed by atoms with Gasteiger partial charge in [-0.3, -0.25) is 9.59 Å². The van der Waals surface area contributed by atoms with E-state index >= 15 is 0 Å². The van der Waals surface area contributed by atoms with Crippen LogP contribution < -0.4 is 0 Å². The first kappa shape index (κ1) is 23.1. The van der Waals surface area contributed by atoms with E-state index in [1.807, 2.05) is 0 Å². The van der Waals surface area contributed by atoms with E-state index in [9.17, 15) is 9.59 Å². The van der Waals surface area contributed by atoms with Crippen LogP contribution in [0.15, 0.2) is 0 Å². The van der Waals surface area contributed by atoms with Gasteiger partial charge in [-0.05, 0) is 124 Å². The van der Waals surface area contributed by atoms with Crippen molar-refractivity contribution in [3.63, 3.8) is 0 Å². The molecular formula is C31H47NO3. The minimum absolute atomic E-state index is 0.120. The normalized spacial score (nSPS) is 50.2. The van der Waals surface area contributed by atoms with Gasteiger partial charge >= 0.3 is 5.97 Å². The summed E-state index contributed by atoms with van der Waals surface area (Å²) < 4.78 is 5.52. The fourth-order valence-electron chi connectivity index (χ4n) is 12.2. The fraction of sp³-hybridized carbons (Fsp3) is 0.935. The molecule has 7 aliphatic carbocycles. The summed E-state index contributed by atoms with van der Waals surface area (Å²) in [4.78, 5) is 29.2. The van der Waals surface area contributed by atoms with Crippen molar-refractivity contribution in [2.24, 2.45) is 51.8 Å². The molecule has 0 N–H and O–H groups in total. The first-order valence-corrected chi connectivity index (χ1v) is 15.2. The van der Waals surface area contributed by atoms with E-state index in [-0.39, 0.29) is 17.3 Å². The molecule has 6 bridgehead atoms. The number of rotatable bonds is 4. The second-order valence-electron chi connectivity index (χ2n) is 14.8. The molecule has 7 aliphatic rings. The average molecular weight is 482 g/mol. The van der Waals surface area contributed by atoms with E-state index in [4.69, 9.17) is 4.74 Å². The van der Waals surface area contributed by atoms with Crippen molar-refractivity contribution in [1.82, 2.24) is 4.90 Å². The molecule has 0 aliphatic heterocycles. The summed E-state index contributed by atoms with van der Waals surface area (Å²) in [6.45, 7) is 0. The Bertz CT molecular complexity index is 892. The number of esters is 1. The fourth-order valence-corrected chi connectivity index (χ4v) is 12.2. The first-order chi connectivity index (χ1) is 16.9. The summed E-state index contributed by atoms with van der Waals surface area (Å²) in [7, 11) is 3.73. The highest BCUT2D eigenvalue weighted by atomic mass is 16.5. The summed E-state index contributed by atoms with van der Waals surface area (Å²) in [5.74, 6) is 4.51. The van der Waals surface area contributed by atoms with Crippen LogP contribution in [0.3, 0.4) is 0 Å². The van der Waals surface area contributed by atoms with Gasteiger partial charge in [0.05, 0.1) is 12.5 Å². The van der Waals surface area contributed by atoms with Gasteiger partial charge in [0.25, 0.3) is 0 Å². The number of hydrogen-bond donors (Lipinski definition) is 0. The zero-order chi connectivity index (χ0) is 24.0. The number of carbonyl (C=O) groups excluding carboxylic acids is 2. The standard InChI is InChI=1S/C31H47NO3/c1-32(26-7-3-4-8-26)27(33)22-10-21-11-23-16-29(15-21,17-24(23)13-22)30-14-20-6-5-9-31(19-30,28(34)35-2)25(12-20)18-30/h20-26H,3-19H2,1-2H3. The number of amides is 1. The summed E-state index contributed by atoms with van der Waals surface area (Å²) in [6.07, 6.45) is 21.4. The molecule has 7 fully saturated rings. The number of methoxy groups -OCH3 is 1. The molecular weight excluding hydrogens is 434 g/mol. The van der Waals surface area contributed by atoms with Crippen LogP contribution in [0.2, 0.25) is 0 Å². The highest BCUT2D eigenvalue weighted by Gasteiger charge is 2.71. The molecule has 0 aromatic rings. The molecule has 7 saturated carbocycles. The lowest BCUT2D eigenvalue weighted by atomic mass is 9.50. The maximum atomic E-state index is 13.7. The van der Waals surface area contributed by atoms with Gasteiger partial charge in [-0.25, -0.2) is 0 Å². The molecule has 35 heavy (non-hydrogen) atoms. The third-order valence-corrected chi connectivity index (χ3v) is 13.4. The lowest BCUT2D eigenvalue weighted by Gasteiger charge is -2.55. The number of fused-ring (bicyclic) bond motifs is 5. The van der Waals surface area contributed by atoms with Gasteiger partial charge in [-0.1, -0.05) is 25.7 Å². The zero-order valence-electron chi connectivity index (χ0n) is 22.2. The molecule has 9 atom stereocenters. The topological polar surface area (TPSA) is 46.6 Å². The molecule has 7 rings (SSSR count). The first-order valence-electron chi connectivity index (χ1n) is 15.2. The maximum absolute atomic E-state index is 13.7. The lowest BCUT2D eigenvalue weighted by Crippen LogP contribution is -2.47. The smallest absolute Gasteiger partial charge is 0.312 e. The average Bonchev–Trinajstić information content (AvgIpc) is 3.48. The Balaban J connectivity index is 1.16. The van der Waals surface area contributed by atoms with Crippen LogP contribution in [0.1, 0.15) is 109 Å². The zero-order valence-corrected chi connectivity index (χ0v) is 22.2. The molecule has 4 heteroatoms. The number of nitrogens with zero attached hydrogens (tertiary/aromatic N) is 1. The molecule has 0 saturated heterocycles. The summed E-state index contributed by atoms with van der Waals surface area (Å²) in [5, 5.41) is 0. The van der Waals surface area contributed by atoms with Crippen molar-refractivity contribution in [3.8, 4) is 0 Å². The Morgan fingerprint density at radius 2 is 1.54 bits per heavy atom. The number of carbonyl (C=O) groups is 2. The van der Waals surface area contributed by atoms with Crippen LogP contribution in [-0.4, -0.2) is 37.0 Å². The van der Waals surface area contributed by atoms with Gasteiger partial charge < -0.3 is 9.64 Å². The molecule has 0 heterocycles. The summed E-state index contributed by atoms with van der Waals surface area (Å²) in [6, 6.07) is 0.496. The molecule has 4 nitrogen and oxygen atoms in total. The van der Waals surface area contributed by atoms with Gasteiger partial charge in [-0.15, -0.1) is 0 Å². The van der Waals surface area contributed by atoms with Gasteiger partial charge in [0.1, 0.15) is 0 Å². The Kier molecular flexibility index (Phi) is 5.26. The van der Waals surface area contributed by atoms with Crippen LogP contribution in [0, 0.1) is 51.8 Å². The molecule has 0 aromatic heterocycles. The van der Waals surface area contributed by atoms with Crippen molar-refractivity contribution in [2.45, 2.75) is 115 Å². The minimum Gasteiger partial charge on any atom is -0.469 e. The summed E-state index contributed by atoms with van der Waals surface area (Å²) >= 11 is 0. The minimum atomic E-state index is -0.193. The Labute approximate surface area is 212 Å². The van der Waals surface area contributed by atoms with E-state index in [1.54, 1.807) is 7.11 Å². The number of hydrogen-bond acceptors (Lipinski definition) is 3. The molecule has 0 aromatic carbocycles. The highest BCUT2D eigenvalue weighted by molar-refractivity contribution is 5.79. The van der Waals surface area contributed by atoms with E-state index in [2.05, 4.69) is 11.9 Å². The second-order valence-corrected chi connectivity index (χ2v) is 14.8. The van der Waals surface area contributed by atoms with Gasteiger partial charge in [-0.2, -0.15) is 0 Å². The maximum Gasteiger partial charge on any atom is 0.312 e. The van der Waals surface area contributed by atoms with Gasteiger partial charge in [0, 0.05) is 19.0 Å². The predicted molar refractivity (Wildman–Crippen MR) is 135 cm³/mol. The van der Waals surface area contributed by atoms with Crippen molar-refractivity contribution in [3.05, 3.63) is 0 Å². The number of ether oxygens (including phenoxy) is 1. The van der Waals surface area contributed by atoms with E-state index in [0.29, 0.717) is 28.7 Å². The Morgan fingerprint density at radius 1 is 0.800 bits per heavy atom. The Hall–Kier alpha value is -1.06. The van der Waals surface area contributed by atoms with Gasteiger partial charge in [0.15, 0.2) is 0 Å². The van der Waals surface area contributed by atoms with Crippen LogP contribution in [0.5, 0.6) is 0 Å². The summed E-state index contributed by atoms with van der Waals surface area (Å²) in [5.41, 5.74) is 0.598. The largest absolute Gasteiger partial charge is 0.469 e. The SMILES string of the molecule is COC(=O)C12CCCC3CC1CC(C14CC5CC(C(=O)N(C)C6CCCC6)CC(C1)C(C5)C4)(C3)C2. The van der Waals surface area contributed by atoms with Crippen molar-refractivity contribution in [2.75, 3.05) is 14.2 Å². The van der Waals surface area contributed by atoms with E-state index in [0.717, 1.165) is 49.4 Å². The van der Waals surface area contributed by atoms with Crippen LogP contribution >= 0.6 is 0 Å². The van der Waals surface area contributed by atoms with Crippen LogP contribution in [0.4, 0.5) is 0 Å². The quantitative estimate of drug-likeness (QED) is 0.438. The molecule has 1 amide bonds. The lowest BCUT2D eigenvalue weighted by molar-refractivity contribution is -0.156. The second kappa shape index (κ2) is 7.97. The highest BCUT2D eigenvalue weighted by Crippen LogP contribution is 2.78. The molecule has 0 radical (unpaired) electrons. The molecule has 194 valence electrons. The van der Waals surface area contributed by atoms with E-state index in [1.165, 1.54) is 83.5 Å². The van der Waals surface area contributed by atoms with E-state index < -0.39 is 0 Å². The van der Waals surface area contributed by atoms with Crippen molar-refractivity contribution >= 4 is 11.9 Å². The molecule has 9 unspecified atom stereocenters. The molecule has 0 spiro atoms. The van der Waals surface area contributed by atoms with Crippen molar-refractivity contribution in [1.29, 1.82) is 0 Å². The van der Waals surface area contributed by atoms with Crippen LogP contribution in [-0.2, 0) is 14.3 Å². The third-order valence-electron chi connectivity index (χ3n) is 13.4. The van der Waals surface area contributed by atoms with Crippen molar-refractivity contribution < 1.29 is 14.3 Å².